The van der Waals surface area contributed by atoms with Crippen LogP contribution in [0, 0.1) is 0 Å². The van der Waals surface area contributed by atoms with Crippen LogP contribution in [0.15, 0.2) is 0 Å². The van der Waals surface area contributed by atoms with Crippen LogP contribution in [-0.2, 0) is 38.1 Å². The topological polar surface area (TPSA) is 143 Å². The number of halogens is 2. The van der Waals surface area contributed by atoms with Crippen LogP contribution in [-0.4, -0.2) is 72.8 Å². The highest BCUT2D eigenvalue weighted by Gasteiger charge is 2.64. The number of esters is 3. The van der Waals surface area contributed by atoms with Gasteiger partial charge in [-0.2, -0.15) is 4.39 Å². The molecule has 7 atom stereocenters. The van der Waals surface area contributed by atoms with E-state index in [1.165, 1.54) is 6.92 Å². The molecule has 2 saturated heterocycles. The van der Waals surface area contributed by atoms with Crippen molar-refractivity contribution in [2.45, 2.75) is 69.6 Å². The molecular formula is C16H22F2N2O8. The summed E-state index contributed by atoms with van der Waals surface area (Å²) in [4.78, 5) is 47.1. The van der Waals surface area contributed by atoms with Gasteiger partial charge in [-0.1, -0.05) is 0 Å². The van der Waals surface area contributed by atoms with Crippen LogP contribution in [0.5, 0.6) is 0 Å². The van der Waals surface area contributed by atoms with Crippen LogP contribution in [0.3, 0.4) is 0 Å². The standard InChI is InChI=1S/C16H22F2N2O8/c1-4-25-15(24)16(18)14(17)10(19)11-13(28-16)12(27-7(3)22)8(26-6(2)21)5-9(23)20-11/h8,10-14H,4-5,19H2,1-3H3,(H,20,23)/t8-,10?,11?,12-,13?,14?,16-/m1/s1. The zero-order valence-electron chi connectivity index (χ0n) is 15.5. The first-order valence-electron chi connectivity index (χ1n) is 8.58. The molecule has 1 amide bonds. The Labute approximate surface area is 159 Å². The molecular weight excluding hydrogens is 386 g/mol. The molecule has 3 N–H and O–H groups in total. The van der Waals surface area contributed by atoms with E-state index in [2.05, 4.69) is 10.1 Å². The second-order valence-electron chi connectivity index (χ2n) is 6.45. The summed E-state index contributed by atoms with van der Waals surface area (Å²) in [6, 6.07) is -3.11. The van der Waals surface area contributed by atoms with Gasteiger partial charge >= 0.3 is 23.8 Å². The lowest BCUT2D eigenvalue weighted by Crippen LogP contribution is -2.72. The molecule has 2 heterocycles. The fourth-order valence-corrected chi connectivity index (χ4v) is 3.24. The lowest BCUT2D eigenvalue weighted by Gasteiger charge is -2.45. The molecule has 12 heteroatoms. The molecule has 28 heavy (non-hydrogen) atoms. The molecule has 10 nitrogen and oxygen atoms in total. The molecule has 2 rings (SSSR count). The molecule has 0 bridgehead atoms. The largest absolute Gasteiger partial charge is 0.462 e. The Bertz CT molecular complexity index is 663. The lowest BCUT2D eigenvalue weighted by molar-refractivity contribution is -0.278. The van der Waals surface area contributed by atoms with Gasteiger partial charge in [-0.05, 0) is 6.92 Å². The van der Waals surface area contributed by atoms with Gasteiger partial charge in [0.2, 0.25) is 5.91 Å². The van der Waals surface area contributed by atoms with Crippen molar-refractivity contribution in [1.29, 1.82) is 0 Å². The number of hydrogen-bond donors (Lipinski definition) is 2. The second-order valence-corrected chi connectivity index (χ2v) is 6.45. The first-order chi connectivity index (χ1) is 13.0. The monoisotopic (exact) mass is 408 g/mol. The van der Waals surface area contributed by atoms with E-state index < -0.39 is 72.7 Å². The van der Waals surface area contributed by atoms with E-state index in [4.69, 9.17) is 19.9 Å². The van der Waals surface area contributed by atoms with Crippen LogP contribution >= 0.6 is 0 Å². The third-order valence-corrected chi connectivity index (χ3v) is 4.35. The molecule has 158 valence electrons. The van der Waals surface area contributed by atoms with Crippen LogP contribution in [0.2, 0.25) is 0 Å². The predicted octanol–water partition coefficient (Wildman–Crippen LogP) is -0.969. The third kappa shape index (κ3) is 4.22. The molecule has 2 fully saturated rings. The summed E-state index contributed by atoms with van der Waals surface area (Å²) in [7, 11) is 0. The molecule has 4 unspecified atom stereocenters. The zero-order valence-corrected chi connectivity index (χ0v) is 15.5. The first kappa shape index (κ1) is 22.0. The molecule has 0 radical (unpaired) electrons. The number of ether oxygens (including phenoxy) is 4. The predicted molar refractivity (Wildman–Crippen MR) is 85.9 cm³/mol. The van der Waals surface area contributed by atoms with E-state index in [1.54, 1.807) is 0 Å². The van der Waals surface area contributed by atoms with Gasteiger partial charge in [0.15, 0.2) is 12.3 Å². The fourth-order valence-electron chi connectivity index (χ4n) is 3.24. The van der Waals surface area contributed by atoms with Crippen LogP contribution in [0.1, 0.15) is 27.2 Å². The summed E-state index contributed by atoms with van der Waals surface area (Å²) < 4.78 is 49.5. The van der Waals surface area contributed by atoms with Crippen molar-refractivity contribution in [1.82, 2.24) is 5.32 Å². The lowest BCUT2D eigenvalue weighted by atomic mass is 9.87. The number of carbonyl (C=O) groups is 4. The third-order valence-electron chi connectivity index (χ3n) is 4.35. The second kappa shape index (κ2) is 8.35. The Hall–Kier alpha value is -2.34. The Balaban J connectivity index is 2.48. The molecule has 0 saturated carbocycles. The van der Waals surface area contributed by atoms with Crippen molar-refractivity contribution in [2.24, 2.45) is 5.73 Å². The number of alkyl halides is 2. The van der Waals surface area contributed by atoms with E-state index in [0.29, 0.717) is 0 Å². The number of nitrogens with two attached hydrogens (primary N) is 1. The maximum atomic E-state index is 15.2. The van der Waals surface area contributed by atoms with Gasteiger partial charge in [0, 0.05) is 13.8 Å². The van der Waals surface area contributed by atoms with Gasteiger partial charge < -0.3 is 30.0 Å². The van der Waals surface area contributed by atoms with Gasteiger partial charge in [0.05, 0.1) is 25.1 Å². The summed E-state index contributed by atoms with van der Waals surface area (Å²) in [5.41, 5.74) is 5.75. The van der Waals surface area contributed by atoms with E-state index in [9.17, 15) is 23.6 Å². The van der Waals surface area contributed by atoms with E-state index in [0.717, 1.165) is 13.8 Å². The first-order valence-corrected chi connectivity index (χ1v) is 8.58. The zero-order chi connectivity index (χ0) is 21.2. The quantitative estimate of drug-likeness (QED) is 0.444. The van der Waals surface area contributed by atoms with E-state index >= 15 is 4.39 Å². The van der Waals surface area contributed by atoms with Crippen LogP contribution < -0.4 is 11.1 Å². The Kier molecular flexibility index (Phi) is 6.55. The summed E-state index contributed by atoms with van der Waals surface area (Å²) in [5, 5.41) is 2.35. The SMILES string of the molecule is CCOC(=O)[C@]1(F)OC2C(NC(=O)C[C@@H](OC(C)=O)[C@H]2OC(C)=O)C(N)C1F. The average molecular weight is 408 g/mol. The average Bonchev–Trinajstić information content (AvgIpc) is 2.70. The molecule has 2 aliphatic heterocycles. The minimum Gasteiger partial charge on any atom is -0.462 e. The molecule has 2 aliphatic rings. The number of rotatable bonds is 4. The maximum Gasteiger partial charge on any atom is 0.375 e. The highest BCUT2D eigenvalue weighted by Crippen LogP contribution is 2.38. The number of carbonyl (C=O) groups excluding carboxylic acids is 4. The van der Waals surface area contributed by atoms with E-state index in [-0.39, 0.29) is 6.61 Å². The van der Waals surface area contributed by atoms with E-state index in [1.807, 2.05) is 0 Å². The minimum atomic E-state index is -3.61. The summed E-state index contributed by atoms with van der Waals surface area (Å²) in [6.45, 7) is 3.19. The van der Waals surface area contributed by atoms with Crippen molar-refractivity contribution in [3.05, 3.63) is 0 Å². The molecule has 0 aromatic rings. The van der Waals surface area contributed by atoms with Gasteiger partial charge in [0.25, 0.3) is 0 Å². The Morgan fingerprint density at radius 1 is 1.29 bits per heavy atom. The number of amides is 1. The molecule has 0 aromatic heterocycles. The number of nitrogens with one attached hydrogen (secondary N) is 1. The van der Waals surface area contributed by atoms with Crippen LogP contribution in [0.25, 0.3) is 0 Å². The van der Waals surface area contributed by atoms with Gasteiger partial charge in [-0.15, -0.1) is 0 Å². The van der Waals surface area contributed by atoms with Crippen molar-refractivity contribution >= 4 is 23.8 Å². The van der Waals surface area contributed by atoms with Gasteiger partial charge in [0.1, 0.15) is 12.2 Å². The highest BCUT2D eigenvalue weighted by molar-refractivity contribution is 5.80. The highest BCUT2D eigenvalue weighted by atomic mass is 19.2. The summed E-state index contributed by atoms with van der Waals surface area (Å²) >= 11 is 0. The Morgan fingerprint density at radius 2 is 1.89 bits per heavy atom. The van der Waals surface area contributed by atoms with Crippen molar-refractivity contribution in [2.75, 3.05) is 6.61 Å². The number of fused-ring (bicyclic) bond motifs is 1. The maximum absolute atomic E-state index is 15.2. The van der Waals surface area contributed by atoms with Crippen molar-refractivity contribution in [3.8, 4) is 0 Å². The number of hydrogen-bond acceptors (Lipinski definition) is 9. The molecule has 0 aliphatic carbocycles. The minimum absolute atomic E-state index is 0.260. The van der Waals surface area contributed by atoms with Gasteiger partial charge in [-0.3, -0.25) is 14.4 Å². The van der Waals surface area contributed by atoms with Crippen molar-refractivity contribution in [3.63, 3.8) is 0 Å². The normalized spacial score (nSPS) is 37.7. The summed E-state index contributed by atoms with van der Waals surface area (Å²) in [6.07, 6.45) is -7.69. The molecule has 0 spiro atoms. The fraction of sp³-hybridized carbons (Fsp3) is 0.750. The Morgan fingerprint density at radius 3 is 2.43 bits per heavy atom. The summed E-state index contributed by atoms with van der Waals surface area (Å²) in [5.74, 6) is -7.66. The smallest absolute Gasteiger partial charge is 0.375 e. The van der Waals surface area contributed by atoms with Crippen LogP contribution in [0.4, 0.5) is 8.78 Å². The van der Waals surface area contributed by atoms with Crippen molar-refractivity contribution < 1.29 is 46.9 Å². The molecule has 0 aromatic carbocycles. The van der Waals surface area contributed by atoms with Gasteiger partial charge in [-0.25, -0.2) is 9.18 Å².